The lowest BCUT2D eigenvalue weighted by molar-refractivity contribution is -0.160. The molecule has 0 unspecified atom stereocenters. The molecule has 1 saturated heterocycles. The van der Waals surface area contributed by atoms with E-state index in [1.165, 1.54) is 4.90 Å². The van der Waals surface area contributed by atoms with Gasteiger partial charge in [-0.1, -0.05) is 26.0 Å². The van der Waals surface area contributed by atoms with Crippen LogP contribution in [0.25, 0.3) is 22.0 Å². The molecule has 3 fully saturated rings. The maximum Gasteiger partial charge on any atom is 0.307 e. The van der Waals surface area contributed by atoms with E-state index < -0.39 is 55.7 Å². The van der Waals surface area contributed by atoms with E-state index in [1.54, 1.807) is 53.1 Å². The molecular formula is C49H64N4O10S. The normalized spacial score (nSPS) is 27.7. The summed E-state index contributed by atoms with van der Waals surface area (Å²) in [6, 6.07) is 10.0. The zero-order chi connectivity index (χ0) is 46.4. The van der Waals surface area contributed by atoms with Crippen molar-refractivity contribution in [1.82, 2.24) is 19.6 Å². The number of rotatable bonds is 11. The highest BCUT2D eigenvalue weighted by molar-refractivity contribution is 7.91. The number of hydrogen-bond donors (Lipinski definition) is 1. The molecule has 2 aliphatic heterocycles. The van der Waals surface area contributed by atoms with Crippen molar-refractivity contribution in [2.24, 2.45) is 29.1 Å². The van der Waals surface area contributed by atoms with Crippen LogP contribution in [0.3, 0.4) is 0 Å². The molecule has 15 heteroatoms. The van der Waals surface area contributed by atoms with Crippen LogP contribution in [0.15, 0.2) is 54.7 Å². The third kappa shape index (κ3) is 10.4. The first-order valence-electron chi connectivity index (χ1n) is 22.7. The summed E-state index contributed by atoms with van der Waals surface area (Å²) in [4.78, 5) is 68.7. The van der Waals surface area contributed by atoms with Gasteiger partial charge in [-0.2, -0.15) is 0 Å². The maximum atomic E-state index is 15.1. The average molecular weight is 901 g/mol. The number of sulfonamides is 1. The van der Waals surface area contributed by atoms with Gasteiger partial charge in [0.25, 0.3) is 0 Å². The van der Waals surface area contributed by atoms with Crippen LogP contribution in [-0.4, -0.2) is 89.1 Å². The van der Waals surface area contributed by atoms with Gasteiger partial charge in [0.15, 0.2) is 5.78 Å². The number of hydrogen-bond acceptors (Lipinski definition) is 12. The minimum absolute atomic E-state index is 0.00391. The van der Waals surface area contributed by atoms with Gasteiger partial charge in [-0.15, -0.1) is 0 Å². The minimum atomic E-state index is -3.99. The number of amides is 2. The second-order valence-corrected chi connectivity index (χ2v) is 22.3. The Hall–Kier alpha value is -5.05. The van der Waals surface area contributed by atoms with Crippen LogP contribution < -0.4 is 18.9 Å². The number of methoxy groups -OCH3 is 1. The number of benzene rings is 1. The second-order valence-electron chi connectivity index (χ2n) is 20.1. The van der Waals surface area contributed by atoms with Crippen molar-refractivity contribution < 1.29 is 46.5 Å². The summed E-state index contributed by atoms with van der Waals surface area (Å²) in [6.07, 6.45) is 7.83. The first-order valence-corrected chi connectivity index (χ1v) is 24.2. The second kappa shape index (κ2) is 18.1. The monoisotopic (exact) mass is 900 g/mol. The molecule has 14 nitrogen and oxygen atoms in total. The first kappa shape index (κ1) is 46.9. The molecule has 2 saturated carbocycles. The van der Waals surface area contributed by atoms with Crippen molar-refractivity contribution in [2.45, 2.75) is 142 Å². The molecule has 0 bridgehead atoms. The van der Waals surface area contributed by atoms with Crippen LogP contribution in [0.5, 0.6) is 17.5 Å². The van der Waals surface area contributed by atoms with E-state index in [1.807, 2.05) is 57.2 Å². The first-order chi connectivity index (χ1) is 30.1. The van der Waals surface area contributed by atoms with Crippen molar-refractivity contribution >= 4 is 44.4 Å². The van der Waals surface area contributed by atoms with E-state index in [2.05, 4.69) is 16.6 Å². The molecular weight excluding hydrogens is 837 g/mol. The fraction of sp³-hybridized carbons (Fsp3) is 0.592. The fourth-order valence-corrected chi connectivity index (χ4v) is 10.6. The molecule has 4 aliphatic rings. The Kier molecular flexibility index (Phi) is 13.3. The molecule has 2 amide bonds. The van der Waals surface area contributed by atoms with Crippen LogP contribution in [-0.2, 0) is 33.9 Å². The number of carbonyl (C=O) groups is 4. The largest absolute Gasteiger partial charge is 0.497 e. The van der Waals surface area contributed by atoms with Crippen LogP contribution >= 0.6 is 0 Å². The number of nitrogens with one attached hydrogen (secondary N) is 1. The molecule has 0 spiro atoms. The molecule has 3 aromatic rings. The van der Waals surface area contributed by atoms with Gasteiger partial charge in [0.05, 0.1) is 54.0 Å². The highest BCUT2D eigenvalue weighted by Gasteiger charge is 2.62. The fourth-order valence-electron chi connectivity index (χ4n) is 9.22. The van der Waals surface area contributed by atoms with E-state index in [9.17, 15) is 22.8 Å². The van der Waals surface area contributed by atoms with Crippen LogP contribution in [0.1, 0.15) is 113 Å². The van der Waals surface area contributed by atoms with Gasteiger partial charge in [0.1, 0.15) is 17.5 Å². The predicted octanol–water partition coefficient (Wildman–Crippen LogP) is 7.77. The Morgan fingerprint density at radius 1 is 1.05 bits per heavy atom. The Morgan fingerprint density at radius 2 is 1.80 bits per heavy atom. The zero-order valence-electron chi connectivity index (χ0n) is 38.6. The SMILES string of the molecule is COc1ccc2c(O[C@@H]3C[C@H]4C(=O)C[C@]5(C(=O)NS(=O)(=O)C6(C)CC6)C[C@H]5/C=C\CC[C@@H](C)C[C@@H](C)[C@H](CC(=O)OC(C)(C)C)C(=O)N4C3)nc(-c3ccc(OC(C)C)nc3)cc2c1. The molecule has 0 radical (unpaired) electrons. The molecule has 1 aromatic carbocycles. The van der Waals surface area contributed by atoms with E-state index >= 15 is 4.79 Å². The van der Waals surface area contributed by atoms with Crippen molar-refractivity contribution in [2.75, 3.05) is 13.7 Å². The lowest BCUT2D eigenvalue weighted by Crippen LogP contribution is -2.48. The highest BCUT2D eigenvalue weighted by Crippen LogP contribution is 2.58. The summed E-state index contributed by atoms with van der Waals surface area (Å²) in [6.45, 7) is 14.9. The quantitative estimate of drug-likeness (QED) is 0.146. The molecule has 7 rings (SSSR count). The Bertz CT molecular complexity index is 2410. The van der Waals surface area contributed by atoms with Gasteiger partial charge >= 0.3 is 5.97 Å². The summed E-state index contributed by atoms with van der Waals surface area (Å²) < 4.78 is 51.9. The predicted molar refractivity (Wildman–Crippen MR) is 242 cm³/mol. The summed E-state index contributed by atoms with van der Waals surface area (Å²) >= 11 is 0. The number of esters is 1. The van der Waals surface area contributed by atoms with E-state index in [-0.39, 0.29) is 67.2 Å². The number of allylic oxidation sites excluding steroid dienone is 2. The molecule has 346 valence electrons. The van der Waals surface area contributed by atoms with Gasteiger partial charge in [-0.25, -0.2) is 18.4 Å². The number of fused-ring (bicyclic) bond motifs is 3. The lowest BCUT2D eigenvalue weighted by Gasteiger charge is -2.32. The summed E-state index contributed by atoms with van der Waals surface area (Å²) in [5.41, 5.74) is -0.806. The van der Waals surface area contributed by atoms with Crippen LogP contribution in [0.4, 0.5) is 0 Å². The van der Waals surface area contributed by atoms with Gasteiger partial charge < -0.3 is 23.8 Å². The van der Waals surface area contributed by atoms with Crippen molar-refractivity contribution in [3.63, 3.8) is 0 Å². The summed E-state index contributed by atoms with van der Waals surface area (Å²) in [7, 11) is -2.40. The zero-order valence-corrected chi connectivity index (χ0v) is 39.5. The summed E-state index contributed by atoms with van der Waals surface area (Å²) in [5, 5.41) is 1.46. The molecule has 4 heterocycles. The Morgan fingerprint density at radius 3 is 2.45 bits per heavy atom. The van der Waals surface area contributed by atoms with Gasteiger partial charge in [-0.05, 0) is 134 Å². The smallest absolute Gasteiger partial charge is 0.307 e. The van der Waals surface area contributed by atoms with Crippen molar-refractivity contribution in [1.29, 1.82) is 0 Å². The van der Waals surface area contributed by atoms with Crippen LogP contribution in [0.2, 0.25) is 0 Å². The number of carbonyl (C=O) groups excluding carboxylic acids is 4. The van der Waals surface area contributed by atoms with Crippen molar-refractivity contribution in [3.8, 4) is 28.8 Å². The lowest BCUT2D eigenvalue weighted by atomic mass is 9.82. The van der Waals surface area contributed by atoms with Gasteiger partial charge in [0.2, 0.25) is 33.6 Å². The number of aromatic nitrogens is 2. The molecule has 64 heavy (non-hydrogen) atoms. The number of nitrogens with zero attached hydrogens (tertiary/aromatic N) is 3. The molecule has 2 aliphatic carbocycles. The topological polar surface area (TPSA) is 180 Å². The third-order valence-electron chi connectivity index (χ3n) is 13.3. The highest BCUT2D eigenvalue weighted by atomic mass is 32.2. The number of ketones is 1. The van der Waals surface area contributed by atoms with Gasteiger partial charge in [0, 0.05) is 36.1 Å². The maximum absolute atomic E-state index is 15.1. The van der Waals surface area contributed by atoms with E-state index in [4.69, 9.17) is 23.9 Å². The van der Waals surface area contributed by atoms with Gasteiger partial charge in [-0.3, -0.25) is 23.9 Å². The number of pyridine rings is 2. The Balaban J connectivity index is 1.26. The Labute approximate surface area is 377 Å². The molecule has 2 aromatic heterocycles. The number of ether oxygens (including phenoxy) is 4. The molecule has 1 N–H and O–H groups in total. The molecule has 7 atom stereocenters. The average Bonchev–Trinajstić information content (AvgIpc) is 4.10. The minimum Gasteiger partial charge on any atom is -0.497 e. The van der Waals surface area contributed by atoms with Crippen molar-refractivity contribution in [3.05, 3.63) is 54.7 Å². The van der Waals surface area contributed by atoms with E-state index in [0.29, 0.717) is 60.4 Å². The third-order valence-corrected chi connectivity index (χ3v) is 15.4. The summed E-state index contributed by atoms with van der Waals surface area (Å²) in [5.74, 6) is -1.80. The van der Waals surface area contributed by atoms with Crippen LogP contribution in [0, 0.1) is 29.1 Å². The number of Topliss-reactive ketones (excluding diaryl/α,β-unsaturated/α-hetero) is 1. The van der Waals surface area contributed by atoms with E-state index in [0.717, 1.165) is 11.8 Å². The standard InChI is InChI=1S/C49H64N4O10S/c1-29(2)61-42-17-14-32(27-50-42)39-22-33-21-35(60-9)15-16-37(33)44(51-39)62-36-23-40-41(54)26-49(46(57)52-64(58,59)48(8)18-19-48)25-34(49)13-11-10-12-30(3)20-31(4)38(45(56)53(40)28-36)24-43(55)63-47(5,6)7/h11,13-17,21-22,27,29-31,34,36,38,40H,10,12,18-20,23-26,28H2,1-9H3,(H,52,57)/b13-11-/t30-,31-,34-,36-,38+,40+,49-/m1/s1.